The van der Waals surface area contributed by atoms with Gasteiger partial charge >= 0.3 is 6.03 Å². The molecule has 2 fully saturated rings. The number of carbonyl (C=O) groups is 1. The van der Waals surface area contributed by atoms with Crippen molar-refractivity contribution in [1.82, 2.24) is 10.2 Å². The third-order valence-corrected chi connectivity index (χ3v) is 5.20. The predicted molar refractivity (Wildman–Crippen MR) is 74.9 cm³/mol. The molecule has 0 bridgehead atoms. The fourth-order valence-corrected chi connectivity index (χ4v) is 4.15. The third-order valence-electron chi connectivity index (χ3n) is 3.96. The summed E-state index contributed by atoms with van der Waals surface area (Å²) >= 11 is 2.00. The van der Waals surface area contributed by atoms with Crippen LogP contribution in [-0.2, 0) is 0 Å². The van der Waals surface area contributed by atoms with E-state index in [2.05, 4.69) is 12.2 Å². The lowest BCUT2D eigenvalue weighted by molar-refractivity contribution is 0.154. The van der Waals surface area contributed by atoms with E-state index in [1.807, 2.05) is 11.8 Å². The van der Waals surface area contributed by atoms with Crippen LogP contribution in [0.25, 0.3) is 0 Å². The van der Waals surface area contributed by atoms with Crippen LogP contribution in [-0.4, -0.2) is 52.3 Å². The second-order valence-corrected chi connectivity index (χ2v) is 6.79. The number of hydrogen-bond donors (Lipinski definition) is 2. The lowest BCUT2D eigenvalue weighted by Crippen LogP contribution is -2.47. The Morgan fingerprint density at radius 2 is 2.28 bits per heavy atom. The van der Waals surface area contributed by atoms with E-state index < -0.39 is 0 Å². The van der Waals surface area contributed by atoms with Crippen LogP contribution >= 0.6 is 11.8 Å². The molecule has 18 heavy (non-hydrogen) atoms. The van der Waals surface area contributed by atoms with Crippen molar-refractivity contribution in [3.8, 4) is 0 Å². The number of amides is 2. The van der Waals surface area contributed by atoms with Crippen LogP contribution in [0.4, 0.5) is 4.79 Å². The van der Waals surface area contributed by atoms with Gasteiger partial charge in [-0.05, 0) is 37.9 Å². The molecule has 2 amide bonds. The Kier molecular flexibility index (Phi) is 5.18. The van der Waals surface area contributed by atoms with Crippen molar-refractivity contribution in [1.29, 1.82) is 0 Å². The molecule has 0 aromatic carbocycles. The van der Waals surface area contributed by atoms with Crippen LogP contribution in [0.2, 0.25) is 0 Å². The minimum Gasteiger partial charge on any atom is -0.394 e. The summed E-state index contributed by atoms with van der Waals surface area (Å²) in [6.45, 7) is 3.07. The van der Waals surface area contributed by atoms with Gasteiger partial charge in [0.1, 0.15) is 0 Å². The summed E-state index contributed by atoms with van der Waals surface area (Å²) in [5, 5.41) is 13.1. The molecular formula is C13H24N2O2S. The lowest BCUT2D eigenvalue weighted by atomic mass is 10.2. The van der Waals surface area contributed by atoms with Crippen molar-refractivity contribution < 1.29 is 9.90 Å². The largest absolute Gasteiger partial charge is 0.394 e. The normalized spacial score (nSPS) is 31.9. The minimum atomic E-state index is 0.0266. The fraction of sp³-hybridized carbons (Fsp3) is 0.923. The Balaban J connectivity index is 1.78. The molecular weight excluding hydrogens is 248 g/mol. The first kappa shape index (κ1) is 14.0. The van der Waals surface area contributed by atoms with Crippen molar-refractivity contribution in [2.75, 3.05) is 18.9 Å². The second kappa shape index (κ2) is 6.66. The summed E-state index contributed by atoms with van der Waals surface area (Å²) in [7, 11) is 0. The van der Waals surface area contributed by atoms with E-state index in [4.69, 9.17) is 0 Å². The van der Waals surface area contributed by atoms with Crippen LogP contribution in [0, 0.1) is 0 Å². The first-order valence-corrected chi connectivity index (χ1v) is 8.09. The Morgan fingerprint density at radius 3 is 3.00 bits per heavy atom. The van der Waals surface area contributed by atoms with Crippen LogP contribution in [0.5, 0.6) is 0 Å². The summed E-state index contributed by atoms with van der Waals surface area (Å²) in [4.78, 5) is 13.9. The SMILES string of the molecule is CCSC1CCC(NC(=O)N2CCCC2CO)C1. The number of hydrogen-bond acceptors (Lipinski definition) is 3. The molecule has 0 spiro atoms. The number of likely N-dealkylation sites (tertiary alicyclic amines) is 1. The number of rotatable bonds is 4. The Morgan fingerprint density at radius 1 is 1.44 bits per heavy atom. The van der Waals surface area contributed by atoms with Gasteiger partial charge in [-0.2, -0.15) is 11.8 Å². The second-order valence-electron chi connectivity index (χ2n) is 5.21. The molecule has 1 saturated carbocycles. The maximum absolute atomic E-state index is 12.1. The zero-order valence-electron chi connectivity index (χ0n) is 11.1. The molecule has 4 nitrogen and oxygen atoms in total. The van der Waals surface area contributed by atoms with Gasteiger partial charge < -0.3 is 15.3 Å². The van der Waals surface area contributed by atoms with Crippen molar-refractivity contribution in [2.45, 2.75) is 56.4 Å². The molecule has 1 aliphatic heterocycles. The fourth-order valence-electron chi connectivity index (χ4n) is 3.01. The van der Waals surface area contributed by atoms with Gasteiger partial charge in [0, 0.05) is 17.8 Å². The maximum Gasteiger partial charge on any atom is 0.317 e. The van der Waals surface area contributed by atoms with E-state index in [9.17, 15) is 9.90 Å². The first-order chi connectivity index (χ1) is 8.74. The van der Waals surface area contributed by atoms with Gasteiger partial charge in [0.25, 0.3) is 0 Å². The molecule has 2 aliphatic rings. The van der Waals surface area contributed by atoms with Gasteiger partial charge in [-0.15, -0.1) is 0 Å². The van der Waals surface area contributed by atoms with Crippen LogP contribution < -0.4 is 5.32 Å². The number of thioether (sulfide) groups is 1. The van der Waals surface area contributed by atoms with Crippen molar-refractivity contribution in [2.24, 2.45) is 0 Å². The van der Waals surface area contributed by atoms with E-state index in [0.29, 0.717) is 11.3 Å². The lowest BCUT2D eigenvalue weighted by Gasteiger charge is -2.25. The highest BCUT2D eigenvalue weighted by Gasteiger charge is 2.31. The first-order valence-electron chi connectivity index (χ1n) is 7.04. The minimum absolute atomic E-state index is 0.0266. The van der Waals surface area contributed by atoms with E-state index in [1.54, 1.807) is 4.90 Å². The third kappa shape index (κ3) is 3.32. The highest BCUT2D eigenvalue weighted by molar-refractivity contribution is 7.99. The number of carbonyl (C=O) groups excluding carboxylic acids is 1. The van der Waals surface area contributed by atoms with E-state index in [1.165, 1.54) is 6.42 Å². The average Bonchev–Trinajstić information content (AvgIpc) is 2.98. The van der Waals surface area contributed by atoms with E-state index >= 15 is 0 Å². The number of urea groups is 1. The number of nitrogens with zero attached hydrogens (tertiary/aromatic N) is 1. The molecule has 5 heteroatoms. The van der Waals surface area contributed by atoms with Gasteiger partial charge in [-0.3, -0.25) is 0 Å². The highest BCUT2D eigenvalue weighted by Crippen LogP contribution is 2.30. The Bertz CT molecular complexity index is 288. The number of aliphatic hydroxyl groups is 1. The molecule has 3 atom stereocenters. The molecule has 2 N–H and O–H groups in total. The zero-order chi connectivity index (χ0) is 13.0. The smallest absolute Gasteiger partial charge is 0.317 e. The Labute approximate surface area is 113 Å². The summed E-state index contributed by atoms with van der Waals surface area (Å²) < 4.78 is 0. The Hall–Kier alpha value is -0.420. The number of nitrogens with one attached hydrogen (secondary N) is 1. The molecule has 0 aromatic rings. The standard InChI is InChI=1S/C13H24N2O2S/c1-2-18-12-6-5-10(8-12)14-13(17)15-7-3-4-11(15)9-16/h10-12,16H,2-9H2,1H3,(H,14,17). The van der Waals surface area contributed by atoms with Gasteiger partial charge in [-0.25, -0.2) is 4.79 Å². The molecule has 1 heterocycles. The van der Waals surface area contributed by atoms with E-state index in [0.717, 1.165) is 38.0 Å². The number of aliphatic hydroxyl groups excluding tert-OH is 1. The highest BCUT2D eigenvalue weighted by atomic mass is 32.2. The van der Waals surface area contributed by atoms with Gasteiger partial charge in [0.2, 0.25) is 0 Å². The molecule has 1 aliphatic carbocycles. The van der Waals surface area contributed by atoms with Crippen molar-refractivity contribution >= 4 is 17.8 Å². The van der Waals surface area contributed by atoms with Gasteiger partial charge in [0.15, 0.2) is 0 Å². The van der Waals surface area contributed by atoms with Crippen LogP contribution in [0.15, 0.2) is 0 Å². The van der Waals surface area contributed by atoms with Gasteiger partial charge in [0.05, 0.1) is 12.6 Å². The van der Waals surface area contributed by atoms with Gasteiger partial charge in [-0.1, -0.05) is 6.92 Å². The van der Waals surface area contributed by atoms with Crippen molar-refractivity contribution in [3.63, 3.8) is 0 Å². The molecule has 104 valence electrons. The topological polar surface area (TPSA) is 52.6 Å². The molecule has 0 radical (unpaired) electrons. The summed E-state index contributed by atoms with van der Waals surface area (Å²) in [5.74, 6) is 1.16. The zero-order valence-corrected chi connectivity index (χ0v) is 11.9. The van der Waals surface area contributed by atoms with Crippen molar-refractivity contribution in [3.05, 3.63) is 0 Å². The van der Waals surface area contributed by atoms with E-state index in [-0.39, 0.29) is 18.7 Å². The molecule has 0 aromatic heterocycles. The maximum atomic E-state index is 12.1. The molecule has 1 saturated heterocycles. The molecule has 3 unspecified atom stereocenters. The molecule has 2 rings (SSSR count). The predicted octanol–water partition coefficient (Wildman–Crippen LogP) is 1.83. The quantitative estimate of drug-likeness (QED) is 0.821. The van der Waals surface area contributed by atoms with Crippen LogP contribution in [0.3, 0.4) is 0 Å². The monoisotopic (exact) mass is 272 g/mol. The summed E-state index contributed by atoms with van der Waals surface area (Å²) in [5.41, 5.74) is 0. The summed E-state index contributed by atoms with van der Waals surface area (Å²) in [6.07, 6.45) is 5.36. The summed E-state index contributed by atoms with van der Waals surface area (Å²) in [6, 6.07) is 0.396. The average molecular weight is 272 g/mol. The van der Waals surface area contributed by atoms with Crippen LogP contribution in [0.1, 0.15) is 39.0 Å².